The number of rotatable bonds is 2. The van der Waals surface area contributed by atoms with E-state index in [0.29, 0.717) is 36.3 Å². The van der Waals surface area contributed by atoms with Gasteiger partial charge in [0.1, 0.15) is 0 Å². The zero-order valence-electron chi connectivity index (χ0n) is 13.9. The Morgan fingerprint density at radius 3 is 2.61 bits per heavy atom. The van der Waals surface area contributed by atoms with Crippen LogP contribution >= 0.6 is 0 Å². The molecule has 1 aromatic rings. The molecule has 23 heavy (non-hydrogen) atoms. The van der Waals surface area contributed by atoms with Gasteiger partial charge < -0.3 is 10.2 Å². The van der Waals surface area contributed by atoms with Gasteiger partial charge in [-0.2, -0.15) is 0 Å². The van der Waals surface area contributed by atoms with Crippen LogP contribution < -0.4 is 21.1 Å². The van der Waals surface area contributed by atoms with Gasteiger partial charge in [0.05, 0.1) is 0 Å². The summed E-state index contributed by atoms with van der Waals surface area (Å²) in [5.41, 5.74) is 9.19. The normalized spacial score (nSPS) is 36.1. The lowest BCUT2D eigenvalue weighted by molar-refractivity contribution is -0.126. The second-order valence-corrected chi connectivity index (χ2v) is 7.50. The van der Waals surface area contributed by atoms with Crippen LogP contribution in [0.15, 0.2) is 24.3 Å². The molecule has 1 aliphatic carbocycles. The van der Waals surface area contributed by atoms with E-state index in [1.807, 2.05) is 0 Å². The largest absolute Gasteiger partial charge is 0.378 e. The number of carbonyl (C=O) groups is 1. The van der Waals surface area contributed by atoms with Gasteiger partial charge in [-0.3, -0.25) is 15.6 Å². The number of nitrogens with one attached hydrogen (secondary N) is 3. The first-order chi connectivity index (χ1) is 11.1. The van der Waals surface area contributed by atoms with Crippen molar-refractivity contribution in [3.05, 3.63) is 29.8 Å². The standard InChI is InChI=1S/C18H26N4O/c1-22(2)13-5-3-11(4-6-13)14-8-18(23)20-17-9-16-12(7-15(14)17)10-19-21-16/h3-6,12,14-17,19,21H,7-10H2,1-2H3,(H,20,23). The van der Waals surface area contributed by atoms with E-state index in [1.54, 1.807) is 0 Å². The molecule has 3 aliphatic rings. The van der Waals surface area contributed by atoms with Crippen molar-refractivity contribution < 1.29 is 4.79 Å². The Kier molecular flexibility index (Phi) is 3.77. The Balaban J connectivity index is 1.59. The average Bonchev–Trinajstić information content (AvgIpc) is 2.99. The van der Waals surface area contributed by atoms with Crippen molar-refractivity contribution in [3.63, 3.8) is 0 Å². The summed E-state index contributed by atoms with van der Waals surface area (Å²) in [5.74, 6) is 1.81. The third kappa shape index (κ3) is 2.72. The Labute approximate surface area is 137 Å². The second-order valence-electron chi connectivity index (χ2n) is 7.50. The fourth-order valence-electron chi connectivity index (χ4n) is 4.65. The highest BCUT2D eigenvalue weighted by molar-refractivity contribution is 5.78. The summed E-state index contributed by atoms with van der Waals surface area (Å²) >= 11 is 0. The SMILES string of the molecule is CN(C)c1ccc(C2CC(=O)NC3CC4NNCC4CC32)cc1. The quantitative estimate of drug-likeness (QED) is 0.768. The molecule has 2 saturated heterocycles. The molecule has 0 spiro atoms. The fourth-order valence-corrected chi connectivity index (χ4v) is 4.65. The molecule has 5 nitrogen and oxygen atoms in total. The summed E-state index contributed by atoms with van der Waals surface area (Å²) in [6.45, 7) is 1.05. The lowest BCUT2D eigenvalue weighted by atomic mass is 9.66. The van der Waals surface area contributed by atoms with E-state index in [1.165, 1.54) is 17.7 Å². The summed E-state index contributed by atoms with van der Waals surface area (Å²) in [5, 5.41) is 3.25. The van der Waals surface area contributed by atoms with Gasteiger partial charge in [0.2, 0.25) is 5.91 Å². The first kappa shape index (κ1) is 15.0. The van der Waals surface area contributed by atoms with E-state index in [9.17, 15) is 4.79 Å². The number of amides is 1. The molecule has 5 atom stereocenters. The van der Waals surface area contributed by atoms with Crippen LogP contribution in [-0.2, 0) is 4.79 Å². The van der Waals surface area contributed by atoms with Gasteiger partial charge in [0.15, 0.2) is 0 Å². The number of hydrogen-bond donors (Lipinski definition) is 3. The number of anilines is 1. The number of hydrazine groups is 1. The Hall–Kier alpha value is -1.59. The van der Waals surface area contributed by atoms with Crippen LogP contribution in [-0.4, -0.2) is 38.6 Å². The van der Waals surface area contributed by atoms with Crippen molar-refractivity contribution in [2.45, 2.75) is 37.3 Å². The number of carbonyl (C=O) groups excluding carboxylic acids is 1. The molecule has 124 valence electrons. The van der Waals surface area contributed by atoms with E-state index in [4.69, 9.17) is 0 Å². The minimum atomic E-state index is 0.206. The third-order valence-electron chi connectivity index (χ3n) is 5.93. The number of nitrogens with zero attached hydrogens (tertiary/aromatic N) is 1. The summed E-state index contributed by atoms with van der Waals surface area (Å²) < 4.78 is 0. The molecule has 0 radical (unpaired) electrons. The molecular weight excluding hydrogens is 288 g/mol. The molecular formula is C18H26N4O. The van der Waals surface area contributed by atoms with Crippen molar-refractivity contribution in [1.29, 1.82) is 0 Å². The van der Waals surface area contributed by atoms with Gasteiger partial charge in [-0.05, 0) is 48.3 Å². The first-order valence-corrected chi connectivity index (χ1v) is 8.67. The third-order valence-corrected chi connectivity index (χ3v) is 5.93. The zero-order valence-corrected chi connectivity index (χ0v) is 13.9. The van der Waals surface area contributed by atoms with E-state index in [0.717, 1.165) is 13.0 Å². The van der Waals surface area contributed by atoms with Crippen LogP contribution in [0.5, 0.6) is 0 Å². The van der Waals surface area contributed by atoms with E-state index in [2.05, 4.69) is 59.4 Å². The predicted molar refractivity (Wildman–Crippen MR) is 91.2 cm³/mol. The maximum absolute atomic E-state index is 12.2. The molecule has 0 bridgehead atoms. The number of benzene rings is 1. The minimum absolute atomic E-state index is 0.206. The molecule has 4 rings (SSSR count). The van der Waals surface area contributed by atoms with Crippen molar-refractivity contribution in [2.24, 2.45) is 11.8 Å². The molecule has 0 aromatic heterocycles. The van der Waals surface area contributed by atoms with Crippen LogP contribution in [0.1, 0.15) is 30.7 Å². The molecule has 5 heteroatoms. The molecule has 2 aliphatic heterocycles. The Bertz CT molecular complexity index is 585. The monoisotopic (exact) mass is 314 g/mol. The summed E-state index contributed by atoms with van der Waals surface area (Å²) in [6.07, 6.45) is 2.86. The zero-order chi connectivity index (χ0) is 16.0. The van der Waals surface area contributed by atoms with Crippen LogP contribution in [0.2, 0.25) is 0 Å². The van der Waals surface area contributed by atoms with Gasteiger partial charge in [-0.1, -0.05) is 12.1 Å². The van der Waals surface area contributed by atoms with Crippen LogP contribution in [0.4, 0.5) is 5.69 Å². The van der Waals surface area contributed by atoms with Crippen molar-refractivity contribution in [1.82, 2.24) is 16.2 Å². The fraction of sp³-hybridized carbons (Fsp3) is 0.611. The lowest BCUT2D eigenvalue weighted by Crippen LogP contribution is -2.55. The van der Waals surface area contributed by atoms with Crippen molar-refractivity contribution in [2.75, 3.05) is 25.5 Å². The summed E-state index contributed by atoms with van der Waals surface area (Å²) in [4.78, 5) is 14.3. The molecule has 1 amide bonds. The van der Waals surface area contributed by atoms with E-state index in [-0.39, 0.29) is 5.91 Å². The smallest absolute Gasteiger partial charge is 0.220 e. The van der Waals surface area contributed by atoms with Crippen LogP contribution in [0.25, 0.3) is 0 Å². The minimum Gasteiger partial charge on any atom is -0.378 e. The average molecular weight is 314 g/mol. The van der Waals surface area contributed by atoms with E-state index >= 15 is 0 Å². The highest BCUT2D eigenvalue weighted by Crippen LogP contribution is 2.43. The van der Waals surface area contributed by atoms with Gasteiger partial charge >= 0.3 is 0 Å². The van der Waals surface area contributed by atoms with Crippen LogP contribution in [0.3, 0.4) is 0 Å². The first-order valence-electron chi connectivity index (χ1n) is 8.67. The van der Waals surface area contributed by atoms with E-state index < -0.39 is 0 Å². The molecule has 5 unspecified atom stereocenters. The topological polar surface area (TPSA) is 56.4 Å². The molecule has 1 saturated carbocycles. The lowest BCUT2D eigenvalue weighted by Gasteiger charge is -2.45. The summed E-state index contributed by atoms with van der Waals surface area (Å²) in [6, 6.07) is 9.58. The molecule has 2 heterocycles. The van der Waals surface area contributed by atoms with Crippen molar-refractivity contribution in [3.8, 4) is 0 Å². The second kappa shape index (κ2) is 5.80. The molecule has 3 fully saturated rings. The van der Waals surface area contributed by atoms with Crippen LogP contribution in [0, 0.1) is 11.8 Å². The number of fused-ring (bicyclic) bond motifs is 2. The Morgan fingerprint density at radius 2 is 1.87 bits per heavy atom. The molecule has 3 N–H and O–H groups in total. The Morgan fingerprint density at radius 1 is 1.09 bits per heavy atom. The molecule has 1 aromatic carbocycles. The maximum atomic E-state index is 12.2. The number of piperidine rings is 1. The van der Waals surface area contributed by atoms with Gasteiger partial charge in [-0.15, -0.1) is 0 Å². The number of hydrogen-bond acceptors (Lipinski definition) is 4. The highest BCUT2D eigenvalue weighted by Gasteiger charge is 2.46. The van der Waals surface area contributed by atoms with Crippen molar-refractivity contribution >= 4 is 11.6 Å². The highest BCUT2D eigenvalue weighted by atomic mass is 16.1. The van der Waals surface area contributed by atoms with Gasteiger partial charge in [0, 0.05) is 44.8 Å². The predicted octanol–water partition coefficient (Wildman–Crippen LogP) is 1.23. The van der Waals surface area contributed by atoms with Gasteiger partial charge in [0.25, 0.3) is 0 Å². The maximum Gasteiger partial charge on any atom is 0.220 e. The van der Waals surface area contributed by atoms with Gasteiger partial charge in [-0.25, -0.2) is 0 Å². The summed E-state index contributed by atoms with van der Waals surface area (Å²) in [7, 11) is 4.11.